The fourth-order valence-corrected chi connectivity index (χ4v) is 3.86. The van der Waals surface area contributed by atoms with Crippen molar-refractivity contribution in [2.24, 2.45) is 0 Å². The fraction of sp³-hybridized carbons (Fsp3) is 0.538. The van der Waals surface area contributed by atoms with Crippen LogP contribution in [0.15, 0.2) is 23.1 Å². The Morgan fingerprint density at radius 2 is 2.10 bits per heavy atom. The van der Waals surface area contributed by atoms with Gasteiger partial charge in [0.15, 0.2) is 0 Å². The maximum atomic E-state index is 12.6. The summed E-state index contributed by atoms with van der Waals surface area (Å²) in [5, 5.41) is 0. The first kappa shape index (κ1) is 17.1. The summed E-state index contributed by atoms with van der Waals surface area (Å²) < 4.78 is 31.8. The lowest BCUT2D eigenvalue weighted by molar-refractivity contribution is 0.372. The second-order valence-electron chi connectivity index (χ2n) is 4.56. The van der Waals surface area contributed by atoms with E-state index in [1.165, 1.54) is 23.5 Å². The van der Waals surface area contributed by atoms with Crippen molar-refractivity contribution in [1.82, 2.24) is 4.31 Å². The minimum absolute atomic E-state index is 0.0743. The number of hydrogen-bond donors (Lipinski definition) is 1. The Labute approximate surface area is 125 Å². The maximum absolute atomic E-state index is 12.6. The first-order valence-electron chi connectivity index (χ1n) is 6.25. The van der Waals surface area contributed by atoms with Crippen molar-refractivity contribution in [3.63, 3.8) is 0 Å². The van der Waals surface area contributed by atoms with Crippen molar-refractivity contribution in [1.29, 1.82) is 0 Å². The van der Waals surface area contributed by atoms with Crippen LogP contribution in [0.4, 0.5) is 5.69 Å². The average molecular weight is 318 g/mol. The van der Waals surface area contributed by atoms with E-state index in [0.717, 1.165) is 12.2 Å². The van der Waals surface area contributed by atoms with Gasteiger partial charge in [-0.05, 0) is 37.5 Å². The predicted molar refractivity (Wildman–Crippen MR) is 84.8 cm³/mol. The van der Waals surface area contributed by atoms with Crippen LogP contribution < -0.4 is 10.5 Å². The number of anilines is 1. The van der Waals surface area contributed by atoms with Gasteiger partial charge in [0.2, 0.25) is 10.0 Å². The van der Waals surface area contributed by atoms with E-state index in [2.05, 4.69) is 0 Å². The molecule has 0 aliphatic rings. The van der Waals surface area contributed by atoms with E-state index in [9.17, 15) is 8.42 Å². The van der Waals surface area contributed by atoms with Crippen LogP contribution in [0.5, 0.6) is 5.75 Å². The van der Waals surface area contributed by atoms with E-state index in [-0.39, 0.29) is 16.7 Å². The number of ether oxygens (including phenoxy) is 1. The molecule has 5 nitrogen and oxygen atoms in total. The average Bonchev–Trinajstić information content (AvgIpc) is 2.43. The molecule has 2 N–H and O–H groups in total. The standard InChI is InChI=1S/C13H22N2O3S2/c1-10(7-8-19-4)15(2)20(16,17)13-6-5-11(14)9-12(13)18-3/h5-6,9-10H,7-8,14H2,1-4H3. The third-order valence-corrected chi connectivity index (χ3v) is 5.86. The van der Waals surface area contributed by atoms with Gasteiger partial charge in [-0.1, -0.05) is 0 Å². The molecule has 1 aromatic carbocycles. The molecule has 0 spiro atoms. The van der Waals surface area contributed by atoms with Crippen molar-refractivity contribution in [3.05, 3.63) is 18.2 Å². The number of nitrogens with two attached hydrogens (primary N) is 1. The molecular formula is C13H22N2O3S2. The molecule has 1 unspecified atom stereocenters. The lowest BCUT2D eigenvalue weighted by Crippen LogP contribution is -2.35. The summed E-state index contributed by atoms with van der Waals surface area (Å²) >= 11 is 1.70. The molecule has 0 fully saturated rings. The van der Waals surface area contributed by atoms with E-state index < -0.39 is 10.0 Å². The van der Waals surface area contributed by atoms with Crippen molar-refractivity contribution in [2.75, 3.05) is 31.9 Å². The Bertz CT molecular complexity index is 547. The Morgan fingerprint density at radius 1 is 1.45 bits per heavy atom. The van der Waals surface area contributed by atoms with Crippen molar-refractivity contribution < 1.29 is 13.2 Å². The Hall–Kier alpha value is -0.920. The van der Waals surface area contributed by atoms with Crippen LogP contribution in [-0.4, -0.2) is 44.9 Å². The summed E-state index contributed by atoms with van der Waals surface area (Å²) in [5.74, 6) is 1.19. The molecule has 0 radical (unpaired) electrons. The Balaban J connectivity index is 3.10. The number of hydrogen-bond acceptors (Lipinski definition) is 5. The monoisotopic (exact) mass is 318 g/mol. The summed E-state index contributed by atoms with van der Waals surface area (Å²) in [6.07, 6.45) is 2.80. The highest BCUT2D eigenvalue weighted by molar-refractivity contribution is 7.98. The SMILES string of the molecule is COc1cc(N)ccc1S(=O)(=O)N(C)C(C)CCSC. The summed E-state index contributed by atoms with van der Waals surface area (Å²) in [4.78, 5) is 0.146. The minimum atomic E-state index is -3.58. The van der Waals surface area contributed by atoms with Gasteiger partial charge in [-0.2, -0.15) is 16.1 Å². The molecule has 0 aromatic heterocycles. The molecule has 114 valence electrons. The topological polar surface area (TPSA) is 72.6 Å². The number of rotatable bonds is 7. The van der Waals surface area contributed by atoms with Crippen molar-refractivity contribution in [3.8, 4) is 5.75 Å². The fourth-order valence-electron chi connectivity index (χ4n) is 1.76. The largest absolute Gasteiger partial charge is 0.495 e. The van der Waals surface area contributed by atoms with Gasteiger partial charge in [-0.25, -0.2) is 8.42 Å². The highest BCUT2D eigenvalue weighted by Gasteiger charge is 2.28. The van der Waals surface area contributed by atoms with Gasteiger partial charge < -0.3 is 10.5 Å². The molecule has 0 saturated carbocycles. The van der Waals surface area contributed by atoms with Crippen LogP contribution in [0.25, 0.3) is 0 Å². The van der Waals surface area contributed by atoms with E-state index >= 15 is 0 Å². The molecule has 1 aromatic rings. The molecule has 1 rings (SSSR count). The zero-order valence-corrected chi connectivity index (χ0v) is 13.9. The molecule has 20 heavy (non-hydrogen) atoms. The van der Waals surface area contributed by atoms with Gasteiger partial charge in [-0.3, -0.25) is 0 Å². The number of nitrogen functional groups attached to an aromatic ring is 1. The van der Waals surface area contributed by atoms with Crippen LogP contribution in [0.1, 0.15) is 13.3 Å². The summed E-state index contributed by atoms with van der Waals surface area (Å²) in [5.41, 5.74) is 6.13. The summed E-state index contributed by atoms with van der Waals surface area (Å²) in [7, 11) is -0.556. The van der Waals surface area contributed by atoms with Crippen LogP contribution in [0.3, 0.4) is 0 Å². The van der Waals surface area contributed by atoms with Gasteiger partial charge in [0.25, 0.3) is 0 Å². The molecule has 7 heteroatoms. The molecule has 0 bridgehead atoms. The Kier molecular flexibility index (Phi) is 6.16. The first-order valence-corrected chi connectivity index (χ1v) is 9.08. The summed E-state index contributed by atoms with van der Waals surface area (Å²) in [6, 6.07) is 4.50. The van der Waals surface area contributed by atoms with E-state index in [4.69, 9.17) is 10.5 Å². The number of benzene rings is 1. The number of nitrogens with zero attached hydrogens (tertiary/aromatic N) is 1. The smallest absolute Gasteiger partial charge is 0.246 e. The van der Waals surface area contributed by atoms with Crippen molar-refractivity contribution >= 4 is 27.5 Å². The number of thioether (sulfide) groups is 1. The van der Waals surface area contributed by atoms with Crippen LogP contribution in [0.2, 0.25) is 0 Å². The predicted octanol–water partition coefficient (Wildman–Crippen LogP) is 2.04. The number of sulfonamides is 1. The molecule has 0 aliphatic carbocycles. The third-order valence-electron chi connectivity index (χ3n) is 3.21. The minimum Gasteiger partial charge on any atom is -0.495 e. The summed E-state index contributed by atoms with van der Waals surface area (Å²) in [6.45, 7) is 1.90. The first-order chi connectivity index (χ1) is 9.34. The van der Waals surface area contributed by atoms with Gasteiger partial charge in [0.05, 0.1) is 7.11 Å². The van der Waals surface area contributed by atoms with Crippen LogP contribution >= 0.6 is 11.8 Å². The molecule has 0 heterocycles. The van der Waals surface area contributed by atoms with Gasteiger partial charge in [0, 0.05) is 24.8 Å². The molecule has 0 amide bonds. The van der Waals surface area contributed by atoms with E-state index in [0.29, 0.717) is 5.69 Å². The lowest BCUT2D eigenvalue weighted by Gasteiger charge is -2.25. The van der Waals surface area contributed by atoms with Crippen molar-refractivity contribution in [2.45, 2.75) is 24.3 Å². The zero-order valence-electron chi connectivity index (χ0n) is 12.3. The third kappa shape index (κ3) is 3.80. The lowest BCUT2D eigenvalue weighted by atomic mass is 10.3. The van der Waals surface area contributed by atoms with Gasteiger partial charge in [0.1, 0.15) is 10.6 Å². The zero-order chi connectivity index (χ0) is 15.3. The molecule has 1 atom stereocenters. The molecule has 0 aliphatic heterocycles. The van der Waals surface area contributed by atoms with Gasteiger partial charge >= 0.3 is 0 Å². The molecule has 0 saturated heterocycles. The van der Waals surface area contributed by atoms with Crippen LogP contribution in [-0.2, 0) is 10.0 Å². The van der Waals surface area contributed by atoms with Crippen LogP contribution in [0, 0.1) is 0 Å². The quantitative estimate of drug-likeness (QED) is 0.779. The maximum Gasteiger partial charge on any atom is 0.246 e. The Morgan fingerprint density at radius 3 is 2.65 bits per heavy atom. The normalized spacial score (nSPS) is 13.4. The number of methoxy groups -OCH3 is 1. The highest BCUT2D eigenvalue weighted by atomic mass is 32.2. The van der Waals surface area contributed by atoms with E-state index in [1.54, 1.807) is 24.9 Å². The molecular weight excluding hydrogens is 296 g/mol. The van der Waals surface area contributed by atoms with Gasteiger partial charge in [-0.15, -0.1) is 0 Å². The van der Waals surface area contributed by atoms with E-state index in [1.807, 2.05) is 13.2 Å². The second kappa shape index (κ2) is 7.19. The second-order valence-corrected chi connectivity index (χ2v) is 7.51. The highest BCUT2D eigenvalue weighted by Crippen LogP contribution is 2.29.